The Labute approximate surface area is 168 Å². The summed E-state index contributed by atoms with van der Waals surface area (Å²) in [5.74, 6) is 0.770. The summed E-state index contributed by atoms with van der Waals surface area (Å²) in [4.78, 5) is 11.9. The van der Waals surface area contributed by atoms with E-state index in [2.05, 4.69) is 34.3 Å². The fourth-order valence-corrected chi connectivity index (χ4v) is 2.90. The van der Waals surface area contributed by atoms with E-state index in [0.29, 0.717) is 43.8 Å². The molecule has 0 rings (SSSR count). The van der Waals surface area contributed by atoms with Crippen LogP contribution in [0.1, 0.15) is 86.0 Å². The van der Waals surface area contributed by atoms with Gasteiger partial charge in [-0.15, -0.1) is 0 Å². The van der Waals surface area contributed by atoms with Crippen LogP contribution in [0.25, 0.3) is 0 Å². The minimum absolute atomic E-state index is 0.372. The summed E-state index contributed by atoms with van der Waals surface area (Å²) >= 11 is 0. The Morgan fingerprint density at radius 2 is 1.26 bits per heavy atom. The molecular weight excluding hydrogens is 340 g/mol. The van der Waals surface area contributed by atoms with Crippen molar-refractivity contribution in [2.24, 2.45) is 11.8 Å². The van der Waals surface area contributed by atoms with Crippen LogP contribution < -0.4 is 0 Å². The summed E-state index contributed by atoms with van der Waals surface area (Å²) in [6, 6.07) is 0. The topological polar surface area (TPSA) is 44.8 Å². The second-order valence-electron chi connectivity index (χ2n) is 7.72. The number of unbranched alkanes of at least 4 members (excludes halogenated alkanes) is 2. The fraction of sp³-hybridized carbons (Fsp3) is 0.870. The molecule has 0 heterocycles. The number of carbonyl (C=O) groups excluding carboxylic acids is 1. The van der Waals surface area contributed by atoms with Gasteiger partial charge >= 0.3 is 5.97 Å². The van der Waals surface area contributed by atoms with Gasteiger partial charge in [0.25, 0.3) is 0 Å². The van der Waals surface area contributed by atoms with Gasteiger partial charge in [-0.1, -0.05) is 72.8 Å². The third-order valence-electron chi connectivity index (χ3n) is 5.02. The maximum Gasteiger partial charge on any atom is 0.333 e. The van der Waals surface area contributed by atoms with E-state index >= 15 is 0 Å². The maximum atomic E-state index is 11.9. The number of esters is 1. The molecule has 0 amide bonds. The van der Waals surface area contributed by atoms with Crippen LogP contribution in [0.5, 0.6) is 0 Å². The number of ether oxygens (including phenoxy) is 3. The quantitative estimate of drug-likeness (QED) is 0.217. The monoisotopic (exact) mass is 384 g/mol. The normalized spacial score (nSPS) is 14.6. The highest BCUT2D eigenvalue weighted by atomic mass is 16.6. The molecule has 2 atom stereocenters. The second kappa shape index (κ2) is 17.2. The molecule has 0 radical (unpaired) electrons. The smallest absolute Gasteiger partial charge is 0.333 e. The largest absolute Gasteiger partial charge is 0.454 e. The van der Waals surface area contributed by atoms with Gasteiger partial charge in [-0.2, -0.15) is 0 Å². The van der Waals surface area contributed by atoms with E-state index in [9.17, 15) is 4.79 Å². The highest BCUT2D eigenvalue weighted by Crippen LogP contribution is 2.15. The van der Waals surface area contributed by atoms with E-state index in [1.807, 2.05) is 0 Å². The van der Waals surface area contributed by atoms with Crippen LogP contribution in [-0.2, 0) is 19.0 Å². The van der Waals surface area contributed by atoms with Crippen molar-refractivity contribution in [2.75, 3.05) is 26.4 Å². The third kappa shape index (κ3) is 13.9. The van der Waals surface area contributed by atoms with Gasteiger partial charge in [0.05, 0.1) is 13.2 Å². The summed E-state index contributed by atoms with van der Waals surface area (Å²) in [7, 11) is 0. The SMILES string of the molecule is C=C(C)C(=O)OC(COCC(CC)CCCC)COCC(CC)CCCC. The zero-order valence-electron chi connectivity index (χ0n) is 18.6. The summed E-state index contributed by atoms with van der Waals surface area (Å²) in [5.41, 5.74) is 0.406. The van der Waals surface area contributed by atoms with Crippen molar-refractivity contribution in [1.82, 2.24) is 0 Å². The lowest BCUT2D eigenvalue weighted by atomic mass is 10.0. The fourth-order valence-electron chi connectivity index (χ4n) is 2.90. The minimum Gasteiger partial charge on any atom is -0.454 e. The lowest BCUT2D eigenvalue weighted by Crippen LogP contribution is -2.30. The summed E-state index contributed by atoms with van der Waals surface area (Å²) in [5, 5.41) is 0. The van der Waals surface area contributed by atoms with Crippen LogP contribution in [0, 0.1) is 11.8 Å². The molecule has 27 heavy (non-hydrogen) atoms. The van der Waals surface area contributed by atoms with Crippen molar-refractivity contribution in [3.8, 4) is 0 Å². The molecule has 0 fully saturated rings. The van der Waals surface area contributed by atoms with Crippen LogP contribution in [0.4, 0.5) is 0 Å². The Morgan fingerprint density at radius 1 is 0.815 bits per heavy atom. The first-order chi connectivity index (χ1) is 13.0. The van der Waals surface area contributed by atoms with Crippen molar-refractivity contribution in [3.05, 3.63) is 12.2 Å². The molecule has 0 spiro atoms. The number of rotatable bonds is 18. The van der Waals surface area contributed by atoms with Crippen LogP contribution in [-0.4, -0.2) is 38.5 Å². The third-order valence-corrected chi connectivity index (χ3v) is 5.02. The van der Waals surface area contributed by atoms with E-state index in [4.69, 9.17) is 14.2 Å². The summed E-state index contributed by atoms with van der Waals surface area (Å²) in [6.45, 7) is 16.3. The Balaban J connectivity index is 4.42. The molecule has 0 saturated carbocycles. The Kier molecular flexibility index (Phi) is 16.7. The first kappa shape index (κ1) is 26.1. The van der Waals surface area contributed by atoms with Gasteiger partial charge in [-0.25, -0.2) is 4.79 Å². The van der Waals surface area contributed by atoms with Gasteiger partial charge in [-0.3, -0.25) is 0 Å². The molecule has 0 N–H and O–H groups in total. The van der Waals surface area contributed by atoms with Gasteiger partial charge in [0.1, 0.15) is 6.10 Å². The van der Waals surface area contributed by atoms with E-state index in [0.717, 1.165) is 12.8 Å². The van der Waals surface area contributed by atoms with Crippen molar-refractivity contribution in [3.63, 3.8) is 0 Å². The molecule has 4 nitrogen and oxygen atoms in total. The molecule has 0 saturated heterocycles. The Bertz CT molecular complexity index is 359. The highest BCUT2D eigenvalue weighted by molar-refractivity contribution is 5.87. The molecule has 0 aliphatic carbocycles. The Morgan fingerprint density at radius 3 is 1.59 bits per heavy atom. The van der Waals surface area contributed by atoms with Gasteiger partial charge in [0.15, 0.2) is 0 Å². The first-order valence-electron chi connectivity index (χ1n) is 11.0. The predicted molar refractivity (Wildman–Crippen MR) is 113 cm³/mol. The summed E-state index contributed by atoms with van der Waals surface area (Å²) < 4.78 is 17.3. The van der Waals surface area contributed by atoms with E-state index in [1.54, 1.807) is 6.92 Å². The standard InChI is InChI=1S/C23H44O4/c1-7-11-13-20(9-3)15-25-17-22(27-23(24)19(5)6)18-26-16-21(10-4)14-12-8-2/h20-22H,5,7-18H2,1-4,6H3. The minimum atomic E-state index is -0.374. The predicted octanol–water partition coefficient (Wildman–Crippen LogP) is 5.94. The van der Waals surface area contributed by atoms with Crippen LogP contribution >= 0.6 is 0 Å². The molecular formula is C23H44O4. The second-order valence-corrected chi connectivity index (χ2v) is 7.72. The van der Waals surface area contributed by atoms with Gasteiger partial charge in [0, 0.05) is 18.8 Å². The number of carbonyl (C=O) groups is 1. The molecule has 0 aromatic rings. The molecule has 0 aliphatic rings. The van der Waals surface area contributed by atoms with Gasteiger partial charge < -0.3 is 14.2 Å². The van der Waals surface area contributed by atoms with Crippen molar-refractivity contribution in [1.29, 1.82) is 0 Å². The molecule has 0 aromatic carbocycles. The van der Waals surface area contributed by atoms with Crippen LogP contribution in [0.3, 0.4) is 0 Å². The van der Waals surface area contributed by atoms with Gasteiger partial charge in [-0.05, 0) is 31.6 Å². The number of hydrogen-bond donors (Lipinski definition) is 0. The Hall–Kier alpha value is -0.870. The van der Waals surface area contributed by atoms with Crippen molar-refractivity contribution < 1.29 is 19.0 Å². The van der Waals surface area contributed by atoms with Crippen LogP contribution in [0.15, 0.2) is 12.2 Å². The first-order valence-corrected chi connectivity index (χ1v) is 11.0. The summed E-state index contributed by atoms with van der Waals surface area (Å²) in [6.07, 6.45) is 9.11. The molecule has 160 valence electrons. The van der Waals surface area contributed by atoms with Gasteiger partial charge in [0.2, 0.25) is 0 Å². The molecule has 0 bridgehead atoms. The average molecular weight is 385 g/mol. The van der Waals surface area contributed by atoms with Crippen molar-refractivity contribution in [2.45, 2.75) is 92.1 Å². The highest BCUT2D eigenvalue weighted by Gasteiger charge is 2.18. The maximum absolute atomic E-state index is 11.9. The molecule has 0 aliphatic heterocycles. The zero-order chi connectivity index (χ0) is 20.5. The molecule has 0 aromatic heterocycles. The van der Waals surface area contributed by atoms with E-state index in [-0.39, 0.29) is 12.1 Å². The lowest BCUT2D eigenvalue weighted by molar-refractivity contribution is -0.152. The van der Waals surface area contributed by atoms with Crippen molar-refractivity contribution >= 4 is 5.97 Å². The van der Waals surface area contributed by atoms with Crippen LogP contribution in [0.2, 0.25) is 0 Å². The average Bonchev–Trinajstić information content (AvgIpc) is 2.66. The van der Waals surface area contributed by atoms with E-state index < -0.39 is 0 Å². The molecule has 2 unspecified atom stereocenters. The zero-order valence-corrected chi connectivity index (χ0v) is 18.6. The lowest BCUT2D eigenvalue weighted by Gasteiger charge is -2.22. The van der Waals surface area contributed by atoms with E-state index in [1.165, 1.54) is 38.5 Å². The molecule has 4 heteroatoms. The number of hydrogen-bond acceptors (Lipinski definition) is 4.